The summed E-state index contributed by atoms with van der Waals surface area (Å²) in [6.45, 7) is 2.19. The van der Waals surface area contributed by atoms with E-state index in [0.29, 0.717) is 34.8 Å². The summed E-state index contributed by atoms with van der Waals surface area (Å²) in [7, 11) is 0. The Hall–Kier alpha value is -3.60. The largest absolute Gasteiger partial charge is 0.463 e. The van der Waals surface area contributed by atoms with Gasteiger partial charge in [0.05, 0.1) is 6.61 Å². The fourth-order valence-corrected chi connectivity index (χ4v) is 3.21. The van der Waals surface area contributed by atoms with E-state index >= 15 is 0 Å². The van der Waals surface area contributed by atoms with Gasteiger partial charge in [-0.1, -0.05) is 30.3 Å². The van der Waals surface area contributed by atoms with Crippen LogP contribution in [0.3, 0.4) is 0 Å². The number of hydrogen-bond acceptors (Lipinski definition) is 5. The molecule has 0 spiro atoms. The summed E-state index contributed by atoms with van der Waals surface area (Å²) < 4.78 is 15.7. The van der Waals surface area contributed by atoms with Crippen molar-refractivity contribution in [2.75, 3.05) is 13.4 Å². The highest BCUT2D eigenvalue weighted by Gasteiger charge is 2.19. The van der Waals surface area contributed by atoms with Crippen LogP contribution in [0.15, 0.2) is 60.7 Å². The van der Waals surface area contributed by atoms with Crippen molar-refractivity contribution in [3.8, 4) is 11.5 Å². The van der Waals surface area contributed by atoms with Gasteiger partial charge in [-0.15, -0.1) is 0 Å². The van der Waals surface area contributed by atoms with Crippen molar-refractivity contribution in [1.82, 2.24) is 0 Å². The molecule has 5 heteroatoms. The zero-order chi connectivity index (χ0) is 19.5. The van der Waals surface area contributed by atoms with E-state index in [0.717, 1.165) is 10.8 Å². The van der Waals surface area contributed by atoms with Crippen LogP contribution in [-0.2, 0) is 9.53 Å². The van der Waals surface area contributed by atoms with Gasteiger partial charge >= 0.3 is 5.97 Å². The molecule has 1 aliphatic rings. The zero-order valence-electron chi connectivity index (χ0n) is 15.3. The van der Waals surface area contributed by atoms with Crippen molar-refractivity contribution < 1.29 is 23.8 Å². The Balaban J connectivity index is 1.80. The summed E-state index contributed by atoms with van der Waals surface area (Å²) >= 11 is 0. The lowest BCUT2D eigenvalue weighted by molar-refractivity contribution is -0.137. The number of carbonyl (C=O) groups is 2. The van der Waals surface area contributed by atoms with Gasteiger partial charge in [0.25, 0.3) is 0 Å². The molecule has 1 aliphatic heterocycles. The van der Waals surface area contributed by atoms with Crippen LogP contribution in [0, 0.1) is 0 Å². The monoisotopic (exact) mass is 374 g/mol. The molecule has 0 atom stereocenters. The van der Waals surface area contributed by atoms with Crippen LogP contribution >= 0.6 is 0 Å². The minimum absolute atomic E-state index is 0.149. The van der Waals surface area contributed by atoms with Crippen LogP contribution in [0.2, 0.25) is 0 Å². The Kier molecular flexibility index (Phi) is 4.81. The quantitative estimate of drug-likeness (QED) is 0.377. The van der Waals surface area contributed by atoms with Gasteiger partial charge in [0, 0.05) is 17.2 Å². The number of ether oxygens (including phenoxy) is 3. The molecule has 3 aromatic rings. The molecule has 0 unspecified atom stereocenters. The summed E-state index contributed by atoms with van der Waals surface area (Å²) in [4.78, 5) is 25.0. The molecular formula is C23H18O5. The minimum Gasteiger partial charge on any atom is -0.463 e. The van der Waals surface area contributed by atoms with Crippen LogP contribution in [-0.4, -0.2) is 25.2 Å². The molecule has 3 aromatic carbocycles. The van der Waals surface area contributed by atoms with Gasteiger partial charge in [-0.3, -0.25) is 4.79 Å². The van der Waals surface area contributed by atoms with Gasteiger partial charge in [0.1, 0.15) is 0 Å². The number of benzene rings is 3. The molecule has 0 fully saturated rings. The molecule has 4 rings (SSSR count). The summed E-state index contributed by atoms with van der Waals surface area (Å²) in [5, 5.41) is 1.86. The molecule has 1 heterocycles. The molecule has 5 nitrogen and oxygen atoms in total. The lowest BCUT2D eigenvalue weighted by Gasteiger charge is -2.10. The van der Waals surface area contributed by atoms with Crippen molar-refractivity contribution in [3.63, 3.8) is 0 Å². The number of hydrogen-bond donors (Lipinski definition) is 0. The van der Waals surface area contributed by atoms with E-state index in [1.54, 1.807) is 37.3 Å². The molecule has 0 amide bonds. The predicted octanol–water partition coefficient (Wildman–Crippen LogP) is 4.38. The Bertz CT molecular complexity index is 1100. The van der Waals surface area contributed by atoms with E-state index in [1.807, 2.05) is 30.3 Å². The SMILES string of the molecule is CCOC(=O)/C=C/c1c(C(=O)c2ccc3c(c2)OCO3)ccc2ccccc12. The van der Waals surface area contributed by atoms with Gasteiger partial charge in [-0.25, -0.2) is 4.79 Å². The first-order valence-corrected chi connectivity index (χ1v) is 8.98. The maximum atomic E-state index is 13.2. The summed E-state index contributed by atoms with van der Waals surface area (Å²) in [5.41, 5.74) is 1.66. The lowest BCUT2D eigenvalue weighted by Crippen LogP contribution is -2.05. The Morgan fingerprint density at radius 3 is 2.71 bits per heavy atom. The fraction of sp³-hybridized carbons (Fsp3) is 0.130. The van der Waals surface area contributed by atoms with Gasteiger partial charge in [-0.2, -0.15) is 0 Å². The van der Waals surface area contributed by atoms with E-state index in [4.69, 9.17) is 14.2 Å². The molecule has 0 N–H and O–H groups in total. The van der Waals surface area contributed by atoms with Gasteiger partial charge in [0.2, 0.25) is 6.79 Å². The van der Waals surface area contributed by atoms with Crippen LogP contribution < -0.4 is 9.47 Å². The number of ketones is 1. The summed E-state index contributed by atoms with van der Waals surface area (Å²) in [6.07, 6.45) is 2.99. The Labute approximate surface area is 162 Å². The van der Waals surface area contributed by atoms with Crippen LogP contribution in [0.1, 0.15) is 28.4 Å². The van der Waals surface area contributed by atoms with Gasteiger partial charge in [-0.05, 0) is 53.6 Å². The molecule has 140 valence electrons. The van der Waals surface area contributed by atoms with Crippen molar-refractivity contribution in [2.45, 2.75) is 6.92 Å². The Morgan fingerprint density at radius 2 is 1.86 bits per heavy atom. The zero-order valence-corrected chi connectivity index (χ0v) is 15.3. The smallest absolute Gasteiger partial charge is 0.330 e. The van der Waals surface area contributed by atoms with Gasteiger partial charge in [0.15, 0.2) is 17.3 Å². The van der Waals surface area contributed by atoms with Crippen LogP contribution in [0.25, 0.3) is 16.8 Å². The number of fused-ring (bicyclic) bond motifs is 2. The second-order valence-electron chi connectivity index (χ2n) is 6.23. The minimum atomic E-state index is -0.447. The normalized spacial score (nSPS) is 12.5. The summed E-state index contributed by atoms with van der Waals surface area (Å²) in [5.74, 6) is 0.567. The highest BCUT2D eigenvalue weighted by atomic mass is 16.7. The van der Waals surface area contributed by atoms with Crippen molar-refractivity contribution >= 4 is 28.6 Å². The molecule has 0 aromatic heterocycles. The third-order valence-electron chi connectivity index (χ3n) is 4.52. The molecule has 0 aliphatic carbocycles. The number of rotatable bonds is 5. The van der Waals surface area contributed by atoms with Crippen molar-refractivity contribution in [1.29, 1.82) is 0 Å². The standard InChI is InChI=1S/C23H18O5/c1-2-26-22(24)12-10-18-17-6-4-3-5-15(17)7-9-19(18)23(25)16-8-11-20-21(13-16)28-14-27-20/h3-13H,2,14H2,1H3/b12-10+. The maximum Gasteiger partial charge on any atom is 0.330 e. The second-order valence-corrected chi connectivity index (χ2v) is 6.23. The average molecular weight is 374 g/mol. The summed E-state index contributed by atoms with van der Waals surface area (Å²) in [6, 6.07) is 16.5. The van der Waals surface area contributed by atoms with Crippen LogP contribution in [0.5, 0.6) is 11.5 Å². The fourth-order valence-electron chi connectivity index (χ4n) is 3.21. The van der Waals surface area contributed by atoms with E-state index < -0.39 is 5.97 Å². The average Bonchev–Trinajstić information content (AvgIpc) is 3.19. The van der Waals surface area contributed by atoms with Crippen molar-refractivity contribution in [3.05, 3.63) is 77.4 Å². The Morgan fingerprint density at radius 1 is 1.04 bits per heavy atom. The molecular weight excluding hydrogens is 356 g/mol. The molecule has 28 heavy (non-hydrogen) atoms. The second kappa shape index (κ2) is 7.56. The molecule has 0 saturated heterocycles. The topological polar surface area (TPSA) is 61.8 Å². The third kappa shape index (κ3) is 3.34. The number of carbonyl (C=O) groups excluding carboxylic acids is 2. The van der Waals surface area contributed by atoms with E-state index in [2.05, 4.69) is 0 Å². The molecule has 0 bridgehead atoms. The van der Waals surface area contributed by atoms with E-state index in [9.17, 15) is 9.59 Å². The van der Waals surface area contributed by atoms with E-state index in [1.165, 1.54) is 6.08 Å². The predicted molar refractivity (Wildman–Crippen MR) is 106 cm³/mol. The highest BCUT2D eigenvalue weighted by Crippen LogP contribution is 2.34. The van der Waals surface area contributed by atoms with Gasteiger partial charge < -0.3 is 14.2 Å². The third-order valence-corrected chi connectivity index (χ3v) is 4.52. The lowest BCUT2D eigenvalue weighted by atomic mass is 9.93. The first-order chi connectivity index (χ1) is 13.7. The first-order valence-electron chi connectivity index (χ1n) is 8.98. The van der Waals surface area contributed by atoms with E-state index in [-0.39, 0.29) is 12.6 Å². The maximum absolute atomic E-state index is 13.2. The number of esters is 1. The van der Waals surface area contributed by atoms with Crippen molar-refractivity contribution in [2.24, 2.45) is 0 Å². The molecule has 0 saturated carbocycles. The highest BCUT2D eigenvalue weighted by molar-refractivity contribution is 6.14. The first kappa shape index (κ1) is 17.8. The molecule has 0 radical (unpaired) electrons. The van der Waals surface area contributed by atoms with Crippen LogP contribution in [0.4, 0.5) is 0 Å².